The predicted octanol–water partition coefficient (Wildman–Crippen LogP) is 2.99. The Kier molecular flexibility index (Phi) is 6.28. The van der Waals surface area contributed by atoms with Crippen LogP contribution < -0.4 is 4.90 Å². The maximum Gasteiger partial charge on any atom is 0.225 e. The van der Waals surface area contributed by atoms with Gasteiger partial charge in [0.15, 0.2) is 0 Å². The largest absolute Gasteiger partial charge is 0.338 e. The third-order valence-corrected chi connectivity index (χ3v) is 7.16. The molecule has 0 N–H and O–H groups in total. The standard InChI is InChI=1S/C22H37N5/c1-3-18(4-2)17-25-10-8-19-16-23-22(24-21(19)9-11-25)27-14-12-26(13-15-27)20-6-5-7-20/h16,18,20H,3-15,17H2,1-2H3. The second-order valence-corrected chi connectivity index (χ2v) is 8.73. The fourth-order valence-electron chi connectivity index (χ4n) is 4.80. The van der Waals surface area contributed by atoms with E-state index in [1.807, 2.05) is 0 Å². The molecule has 0 amide bonds. The van der Waals surface area contributed by atoms with Gasteiger partial charge < -0.3 is 9.80 Å². The first-order valence-corrected chi connectivity index (χ1v) is 11.3. The normalized spacial score (nSPS) is 22.6. The van der Waals surface area contributed by atoms with Crippen molar-refractivity contribution in [1.29, 1.82) is 0 Å². The highest BCUT2D eigenvalue weighted by Crippen LogP contribution is 2.26. The van der Waals surface area contributed by atoms with Gasteiger partial charge in [0.1, 0.15) is 0 Å². The Morgan fingerprint density at radius 1 is 1.00 bits per heavy atom. The maximum absolute atomic E-state index is 5.02. The summed E-state index contributed by atoms with van der Waals surface area (Å²) in [4.78, 5) is 17.5. The third-order valence-electron chi connectivity index (χ3n) is 7.16. The summed E-state index contributed by atoms with van der Waals surface area (Å²) in [6.45, 7) is 12.7. The van der Waals surface area contributed by atoms with Crippen LogP contribution in [0.3, 0.4) is 0 Å². The van der Waals surface area contributed by atoms with Crippen LogP contribution >= 0.6 is 0 Å². The van der Waals surface area contributed by atoms with Gasteiger partial charge >= 0.3 is 0 Å². The third kappa shape index (κ3) is 4.45. The second kappa shape index (κ2) is 8.87. The Labute approximate surface area is 165 Å². The molecule has 1 aliphatic carbocycles. The second-order valence-electron chi connectivity index (χ2n) is 8.73. The van der Waals surface area contributed by atoms with Crippen molar-refractivity contribution in [2.45, 2.75) is 64.8 Å². The Bertz CT molecular complexity index is 603. The minimum Gasteiger partial charge on any atom is -0.338 e. The smallest absolute Gasteiger partial charge is 0.225 e. The highest BCUT2D eigenvalue weighted by molar-refractivity contribution is 5.34. The molecule has 1 aromatic heterocycles. The first-order chi connectivity index (χ1) is 13.3. The number of rotatable bonds is 6. The van der Waals surface area contributed by atoms with Crippen molar-refractivity contribution in [1.82, 2.24) is 19.8 Å². The highest BCUT2D eigenvalue weighted by atomic mass is 15.3. The summed E-state index contributed by atoms with van der Waals surface area (Å²) < 4.78 is 0. The Hall–Kier alpha value is -1.20. The minimum atomic E-state index is 0.833. The summed E-state index contributed by atoms with van der Waals surface area (Å²) in [6.07, 6.45) is 11.1. The van der Waals surface area contributed by atoms with E-state index in [4.69, 9.17) is 9.97 Å². The molecule has 4 rings (SSSR count). The first kappa shape index (κ1) is 19.1. The fourth-order valence-corrected chi connectivity index (χ4v) is 4.80. The van der Waals surface area contributed by atoms with Crippen LogP contribution in [0.2, 0.25) is 0 Å². The van der Waals surface area contributed by atoms with Gasteiger partial charge in [0, 0.05) is 64.5 Å². The van der Waals surface area contributed by atoms with Crippen LogP contribution in [0.5, 0.6) is 0 Å². The number of hydrogen-bond donors (Lipinski definition) is 0. The molecule has 3 heterocycles. The number of aromatic nitrogens is 2. The van der Waals surface area contributed by atoms with E-state index in [-0.39, 0.29) is 0 Å². The molecular formula is C22H37N5. The van der Waals surface area contributed by atoms with Crippen LogP contribution in [0.4, 0.5) is 5.95 Å². The van der Waals surface area contributed by atoms with Gasteiger partial charge in [-0.15, -0.1) is 0 Å². The van der Waals surface area contributed by atoms with E-state index < -0.39 is 0 Å². The molecule has 150 valence electrons. The molecule has 2 aliphatic heterocycles. The van der Waals surface area contributed by atoms with E-state index in [9.17, 15) is 0 Å². The van der Waals surface area contributed by atoms with Gasteiger partial charge in [0.2, 0.25) is 5.95 Å². The Balaban J connectivity index is 1.35. The molecule has 27 heavy (non-hydrogen) atoms. The van der Waals surface area contributed by atoms with Gasteiger partial charge in [-0.3, -0.25) is 4.90 Å². The van der Waals surface area contributed by atoms with Crippen molar-refractivity contribution < 1.29 is 0 Å². The molecular weight excluding hydrogens is 334 g/mol. The molecule has 0 atom stereocenters. The summed E-state index contributed by atoms with van der Waals surface area (Å²) in [6, 6.07) is 0.862. The van der Waals surface area contributed by atoms with Crippen LogP contribution in [0.25, 0.3) is 0 Å². The van der Waals surface area contributed by atoms with Crippen LogP contribution in [0.1, 0.15) is 57.2 Å². The number of hydrogen-bond acceptors (Lipinski definition) is 5. The first-order valence-electron chi connectivity index (χ1n) is 11.3. The molecule has 0 aromatic carbocycles. The molecule has 2 fully saturated rings. The van der Waals surface area contributed by atoms with Crippen LogP contribution in [0.15, 0.2) is 6.20 Å². The Morgan fingerprint density at radius 2 is 1.74 bits per heavy atom. The van der Waals surface area contributed by atoms with Gasteiger partial charge in [0.25, 0.3) is 0 Å². The zero-order valence-corrected chi connectivity index (χ0v) is 17.4. The molecule has 5 nitrogen and oxygen atoms in total. The molecule has 0 bridgehead atoms. The highest BCUT2D eigenvalue weighted by Gasteiger charge is 2.29. The molecule has 0 spiro atoms. The van der Waals surface area contributed by atoms with E-state index in [0.29, 0.717) is 0 Å². The van der Waals surface area contributed by atoms with E-state index in [1.165, 1.54) is 63.0 Å². The van der Waals surface area contributed by atoms with E-state index >= 15 is 0 Å². The fraction of sp³-hybridized carbons (Fsp3) is 0.818. The van der Waals surface area contributed by atoms with Crippen molar-refractivity contribution in [3.63, 3.8) is 0 Å². The molecule has 1 saturated heterocycles. The van der Waals surface area contributed by atoms with Crippen molar-refractivity contribution in [3.8, 4) is 0 Å². The van der Waals surface area contributed by atoms with Crippen molar-refractivity contribution in [3.05, 3.63) is 17.5 Å². The average molecular weight is 372 g/mol. The lowest BCUT2D eigenvalue weighted by Crippen LogP contribution is -2.52. The van der Waals surface area contributed by atoms with Gasteiger partial charge in [-0.25, -0.2) is 9.97 Å². The lowest BCUT2D eigenvalue weighted by Gasteiger charge is -2.43. The SMILES string of the molecule is CCC(CC)CN1CCc2cnc(N3CCN(C4CCC4)CC3)nc2CC1. The number of fused-ring (bicyclic) bond motifs is 1. The summed E-state index contributed by atoms with van der Waals surface area (Å²) in [5.41, 5.74) is 2.67. The monoisotopic (exact) mass is 371 g/mol. The van der Waals surface area contributed by atoms with Crippen molar-refractivity contribution >= 4 is 5.95 Å². The summed E-state index contributed by atoms with van der Waals surface area (Å²) in [5.74, 6) is 1.80. The quantitative estimate of drug-likeness (QED) is 0.768. The molecule has 1 aromatic rings. The topological polar surface area (TPSA) is 35.5 Å². The van der Waals surface area contributed by atoms with Crippen LogP contribution in [0, 0.1) is 5.92 Å². The zero-order valence-electron chi connectivity index (χ0n) is 17.4. The average Bonchev–Trinajstić information content (AvgIpc) is 2.87. The summed E-state index contributed by atoms with van der Waals surface area (Å²) in [7, 11) is 0. The predicted molar refractivity (Wildman–Crippen MR) is 111 cm³/mol. The molecule has 0 radical (unpaired) electrons. The summed E-state index contributed by atoms with van der Waals surface area (Å²) >= 11 is 0. The van der Waals surface area contributed by atoms with Gasteiger partial charge in [-0.2, -0.15) is 0 Å². The van der Waals surface area contributed by atoms with Gasteiger partial charge in [-0.1, -0.05) is 33.1 Å². The maximum atomic E-state index is 5.02. The molecule has 0 unspecified atom stereocenters. The van der Waals surface area contributed by atoms with Crippen molar-refractivity contribution in [2.24, 2.45) is 5.92 Å². The lowest BCUT2D eigenvalue weighted by atomic mass is 9.91. The van der Waals surface area contributed by atoms with Crippen LogP contribution in [-0.4, -0.2) is 71.6 Å². The van der Waals surface area contributed by atoms with Crippen molar-refractivity contribution in [2.75, 3.05) is 50.7 Å². The van der Waals surface area contributed by atoms with Gasteiger partial charge in [0.05, 0.1) is 5.69 Å². The number of nitrogens with zero attached hydrogens (tertiary/aromatic N) is 5. The number of piperazine rings is 1. The van der Waals surface area contributed by atoms with E-state index in [0.717, 1.165) is 56.9 Å². The lowest BCUT2D eigenvalue weighted by molar-refractivity contribution is 0.120. The molecule has 5 heteroatoms. The van der Waals surface area contributed by atoms with E-state index in [2.05, 4.69) is 34.7 Å². The zero-order chi connectivity index (χ0) is 18.6. The Morgan fingerprint density at radius 3 is 2.41 bits per heavy atom. The summed E-state index contributed by atoms with van der Waals surface area (Å²) in [5, 5.41) is 0. The van der Waals surface area contributed by atoms with Crippen LogP contribution in [-0.2, 0) is 12.8 Å². The molecule has 3 aliphatic rings. The van der Waals surface area contributed by atoms with Gasteiger partial charge in [-0.05, 0) is 30.7 Å². The number of anilines is 1. The molecule has 1 saturated carbocycles. The van der Waals surface area contributed by atoms with E-state index in [1.54, 1.807) is 0 Å². The minimum absolute atomic E-state index is 0.833.